The van der Waals surface area contributed by atoms with Crippen LogP contribution in [0.4, 0.5) is 5.69 Å². The maximum Gasteiger partial charge on any atom is 0.253 e. The van der Waals surface area contributed by atoms with Crippen molar-refractivity contribution < 1.29 is 14.3 Å². The van der Waals surface area contributed by atoms with Gasteiger partial charge in [0.15, 0.2) is 0 Å². The quantitative estimate of drug-likeness (QED) is 0.706. The van der Waals surface area contributed by atoms with Gasteiger partial charge in [0.05, 0.1) is 13.0 Å². The van der Waals surface area contributed by atoms with E-state index in [0.717, 1.165) is 16.8 Å². The summed E-state index contributed by atoms with van der Waals surface area (Å²) in [4.78, 5) is 25.9. The van der Waals surface area contributed by atoms with E-state index in [9.17, 15) is 9.59 Å². The normalized spacial score (nSPS) is 10.2. The van der Waals surface area contributed by atoms with Gasteiger partial charge in [0.2, 0.25) is 5.91 Å². The summed E-state index contributed by atoms with van der Waals surface area (Å²) in [5.41, 5.74) is 2.69. The first kappa shape index (κ1) is 19.4. The summed E-state index contributed by atoms with van der Waals surface area (Å²) in [6.07, 6.45) is 1.93. The molecule has 0 fully saturated rings. The first-order valence-corrected chi connectivity index (χ1v) is 8.43. The Balaban J connectivity index is 2.12. The Morgan fingerprint density at radius 3 is 2.38 bits per heavy atom. The Hall–Kier alpha value is -2.92. The molecule has 2 rings (SSSR count). The van der Waals surface area contributed by atoms with E-state index in [1.54, 1.807) is 11.0 Å². The van der Waals surface area contributed by atoms with Crippen LogP contribution in [-0.4, -0.2) is 32.1 Å². The lowest BCUT2D eigenvalue weighted by atomic mass is 10.1. The number of benzene rings is 2. The molecule has 2 amide bonds. The molecule has 136 valence electrons. The smallest absolute Gasteiger partial charge is 0.253 e. The van der Waals surface area contributed by atoms with E-state index < -0.39 is 0 Å². The van der Waals surface area contributed by atoms with Crippen molar-refractivity contribution in [1.82, 2.24) is 5.32 Å². The average molecular weight is 352 g/mol. The third-order valence-electron chi connectivity index (χ3n) is 3.81. The number of nitrogens with one attached hydrogen (secondary N) is 1. The van der Waals surface area contributed by atoms with Gasteiger partial charge in [0, 0.05) is 19.3 Å². The molecule has 26 heavy (non-hydrogen) atoms. The van der Waals surface area contributed by atoms with E-state index in [1.807, 2.05) is 54.6 Å². The van der Waals surface area contributed by atoms with Crippen LogP contribution in [0.15, 0.2) is 67.3 Å². The van der Waals surface area contributed by atoms with Crippen LogP contribution < -0.4 is 10.2 Å². The highest BCUT2D eigenvalue weighted by molar-refractivity contribution is 5.94. The minimum absolute atomic E-state index is 0.0124. The Morgan fingerprint density at radius 2 is 1.77 bits per heavy atom. The van der Waals surface area contributed by atoms with Crippen LogP contribution in [-0.2, 0) is 27.3 Å². The molecule has 1 N–H and O–H groups in total. The minimum Gasteiger partial charge on any atom is -0.375 e. The molecule has 0 saturated heterocycles. The predicted octanol–water partition coefficient (Wildman–Crippen LogP) is 2.71. The van der Waals surface area contributed by atoms with Gasteiger partial charge >= 0.3 is 0 Å². The maximum absolute atomic E-state index is 12.5. The van der Waals surface area contributed by atoms with Crippen LogP contribution in [0.1, 0.15) is 11.1 Å². The Kier molecular flexibility index (Phi) is 7.58. The van der Waals surface area contributed by atoms with Gasteiger partial charge in [0.1, 0.15) is 6.61 Å². The second-order valence-corrected chi connectivity index (χ2v) is 5.83. The molecule has 5 heteroatoms. The molecule has 0 spiro atoms. The Morgan fingerprint density at radius 1 is 1.08 bits per heavy atom. The topological polar surface area (TPSA) is 58.6 Å². The molecule has 0 radical (unpaired) electrons. The number of rotatable bonds is 9. The van der Waals surface area contributed by atoms with Crippen molar-refractivity contribution >= 4 is 17.5 Å². The number of nitrogens with zero attached hydrogens (tertiary/aromatic N) is 1. The molecule has 0 bridgehead atoms. The third-order valence-corrected chi connectivity index (χ3v) is 3.81. The van der Waals surface area contributed by atoms with Crippen LogP contribution >= 0.6 is 0 Å². The molecule has 0 saturated carbocycles. The highest BCUT2D eigenvalue weighted by atomic mass is 16.5. The van der Waals surface area contributed by atoms with Gasteiger partial charge in [-0.15, -0.1) is 6.58 Å². The molecular formula is C21H24N2O3. The number of amides is 2. The number of anilines is 1. The molecule has 0 aromatic heterocycles. The van der Waals surface area contributed by atoms with E-state index >= 15 is 0 Å². The maximum atomic E-state index is 12.5. The lowest BCUT2D eigenvalue weighted by molar-refractivity contribution is -0.122. The number of carbonyl (C=O) groups is 2. The zero-order valence-corrected chi connectivity index (χ0v) is 15.0. The standard InChI is InChI=1S/C21H24N2O3/c1-3-13-22-20(24)14-17-9-11-19(12-10-17)23(21(25)16-26-2)15-18-7-5-4-6-8-18/h3-12H,1,13-16H2,2H3,(H,22,24). The zero-order chi connectivity index (χ0) is 18.8. The van der Waals surface area contributed by atoms with E-state index in [2.05, 4.69) is 11.9 Å². The van der Waals surface area contributed by atoms with Crippen molar-refractivity contribution in [3.05, 3.63) is 78.4 Å². The zero-order valence-electron chi connectivity index (χ0n) is 15.0. The van der Waals surface area contributed by atoms with Crippen molar-refractivity contribution in [2.45, 2.75) is 13.0 Å². The molecular weight excluding hydrogens is 328 g/mol. The molecule has 0 aliphatic heterocycles. The summed E-state index contributed by atoms with van der Waals surface area (Å²) in [5.74, 6) is -0.179. The fraction of sp³-hybridized carbons (Fsp3) is 0.238. The van der Waals surface area contributed by atoms with E-state index in [0.29, 0.717) is 19.5 Å². The summed E-state index contributed by atoms with van der Waals surface area (Å²) in [5, 5.41) is 2.75. The first-order valence-electron chi connectivity index (χ1n) is 8.43. The van der Waals surface area contributed by atoms with Gasteiger partial charge in [-0.25, -0.2) is 0 Å². The van der Waals surface area contributed by atoms with Gasteiger partial charge in [-0.2, -0.15) is 0 Å². The molecule has 0 heterocycles. The number of hydrogen-bond acceptors (Lipinski definition) is 3. The van der Waals surface area contributed by atoms with Crippen molar-refractivity contribution in [1.29, 1.82) is 0 Å². The lowest BCUT2D eigenvalue weighted by Crippen LogP contribution is -2.33. The summed E-state index contributed by atoms with van der Waals surface area (Å²) in [6, 6.07) is 17.2. The summed E-state index contributed by atoms with van der Waals surface area (Å²) < 4.78 is 5.01. The second-order valence-electron chi connectivity index (χ2n) is 5.83. The molecule has 0 aliphatic rings. The van der Waals surface area contributed by atoms with Gasteiger partial charge in [0.25, 0.3) is 5.91 Å². The van der Waals surface area contributed by atoms with Crippen LogP contribution in [0.25, 0.3) is 0 Å². The van der Waals surface area contributed by atoms with E-state index in [-0.39, 0.29) is 18.4 Å². The Labute approximate surface area is 154 Å². The van der Waals surface area contributed by atoms with Gasteiger partial charge in [-0.1, -0.05) is 48.5 Å². The second kappa shape index (κ2) is 10.2. The van der Waals surface area contributed by atoms with Gasteiger partial charge < -0.3 is 15.0 Å². The molecule has 5 nitrogen and oxygen atoms in total. The molecule has 2 aromatic rings. The summed E-state index contributed by atoms with van der Waals surface area (Å²) in [7, 11) is 1.50. The third kappa shape index (κ3) is 5.86. The van der Waals surface area contributed by atoms with Crippen molar-refractivity contribution in [3.63, 3.8) is 0 Å². The van der Waals surface area contributed by atoms with Crippen LogP contribution in [0.2, 0.25) is 0 Å². The minimum atomic E-state index is -0.118. The fourth-order valence-electron chi connectivity index (χ4n) is 2.52. The molecule has 0 unspecified atom stereocenters. The van der Waals surface area contributed by atoms with Crippen LogP contribution in [0.3, 0.4) is 0 Å². The van der Waals surface area contributed by atoms with Crippen molar-refractivity contribution in [2.75, 3.05) is 25.2 Å². The first-order chi connectivity index (χ1) is 12.6. The SMILES string of the molecule is C=CCNC(=O)Cc1ccc(N(Cc2ccccc2)C(=O)COC)cc1. The van der Waals surface area contributed by atoms with E-state index in [4.69, 9.17) is 4.74 Å². The van der Waals surface area contributed by atoms with Gasteiger partial charge in [-0.05, 0) is 23.3 Å². The number of hydrogen-bond donors (Lipinski definition) is 1. The number of methoxy groups -OCH3 is 1. The number of carbonyl (C=O) groups excluding carboxylic acids is 2. The largest absolute Gasteiger partial charge is 0.375 e. The predicted molar refractivity (Wildman–Crippen MR) is 103 cm³/mol. The Bertz CT molecular complexity index is 727. The summed E-state index contributed by atoms with van der Waals surface area (Å²) >= 11 is 0. The van der Waals surface area contributed by atoms with Crippen LogP contribution in [0.5, 0.6) is 0 Å². The highest BCUT2D eigenvalue weighted by Gasteiger charge is 2.16. The van der Waals surface area contributed by atoms with Gasteiger partial charge in [-0.3, -0.25) is 9.59 Å². The average Bonchev–Trinajstić information content (AvgIpc) is 2.66. The number of ether oxygens (including phenoxy) is 1. The molecule has 2 aromatic carbocycles. The molecule has 0 atom stereocenters. The lowest BCUT2D eigenvalue weighted by Gasteiger charge is -2.23. The van der Waals surface area contributed by atoms with Crippen molar-refractivity contribution in [3.8, 4) is 0 Å². The highest BCUT2D eigenvalue weighted by Crippen LogP contribution is 2.19. The fourth-order valence-corrected chi connectivity index (χ4v) is 2.52. The summed E-state index contributed by atoms with van der Waals surface area (Å²) in [6.45, 7) is 4.50. The monoisotopic (exact) mass is 352 g/mol. The van der Waals surface area contributed by atoms with Crippen LogP contribution in [0, 0.1) is 0 Å². The van der Waals surface area contributed by atoms with Crippen molar-refractivity contribution in [2.24, 2.45) is 0 Å². The van der Waals surface area contributed by atoms with E-state index in [1.165, 1.54) is 7.11 Å². The molecule has 0 aliphatic carbocycles.